The summed E-state index contributed by atoms with van der Waals surface area (Å²) in [5.41, 5.74) is 0.811. The number of rotatable bonds is 8. The second-order valence-electron chi connectivity index (χ2n) is 6.36. The molecule has 0 aliphatic carbocycles. The van der Waals surface area contributed by atoms with Crippen molar-refractivity contribution in [1.82, 2.24) is 20.3 Å². The van der Waals surface area contributed by atoms with Gasteiger partial charge < -0.3 is 15.2 Å². The molecule has 0 spiro atoms. The van der Waals surface area contributed by atoms with E-state index in [9.17, 15) is 9.59 Å². The fourth-order valence-electron chi connectivity index (χ4n) is 2.45. The SMILES string of the molecule is COc1ccccc1CC(C)(C)C(=O)NCc1cn(CC(=O)O)nn1. The summed E-state index contributed by atoms with van der Waals surface area (Å²) in [5.74, 6) is -0.385. The van der Waals surface area contributed by atoms with E-state index in [0.717, 1.165) is 11.3 Å². The zero-order chi connectivity index (χ0) is 18.4. The Morgan fingerprint density at radius 3 is 2.72 bits per heavy atom. The molecule has 0 radical (unpaired) electrons. The fourth-order valence-corrected chi connectivity index (χ4v) is 2.45. The number of hydrogen-bond acceptors (Lipinski definition) is 5. The molecule has 0 saturated carbocycles. The van der Waals surface area contributed by atoms with Crippen LogP contribution >= 0.6 is 0 Å². The number of para-hydroxylation sites is 1. The molecule has 0 aliphatic heterocycles. The Hall–Kier alpha value is -2.90. The minimum Gasteiger partial charge on any atom is -0.496 e. The summed E-state index contributed by atoms with van der Waals surface area (Å²) >= 11 is 0. The highest BCUT2D eigenvalue weighted by atomic mass is 16.5. The van der Waals surface area contributed by atoms with Crippen LogP contribution in [0.15, 0.2) is 30.5 Å². The third kappa shape index (κ3) is 5.03. The van der Waals surface area contributed by atoms with Crippen molar-refractivity contribution in [2.24, 2.45) is 5.41 Å². The van der Waals surface area contributed by atoms with Crippen LogP contribution in [0, 0.1) is 5.41 Å². The zero-order valence-electron chi connectivity index (χ0n) is 14.5. The highest BCUT2D eigenvalue weighted by molar-refractivity contribution is 5.82. The first-order valence-electron chi connectivity index (χ1n) is 7.83. The van der Waals surface area contributed by atoms with Crippen molar-refractivity contribution < 1.29 is 19.4 Å². The first kappa shape index (κ1) is 18.4. The molecule has 1 heterocycles. The lowest BCUT2D eigenvalue weighted by atomic mass is 9.84. The largest absolute Gasteiger partial charge is 0.496 e. The van der Waals surface area contributed by atoms with Gasteiger partial charge in [-0.15, -0.1) is 5.10 Å². The summed E-state index contributed by atoms with van der Waals surface area (Å²) in [5, 5.41) is 19.1. The van der Waals surface area contributed by atoms with Crippen molar-refractivity contribution in [3.8, 4) is 5.75 Å². The zero-order valence-corrected chi connectivity index (χ0v) is 14.5. The monoisotopic (exact) mass is 346 g/mol. The number of hydrogen-bond donors (Lipinski definition) is 2. The van der Waals surface area contributed by atoms with Crippen LogP contribution in [0.25, 0.3) is 0 Å². The third-order valence-corrected chi connectivity index (χ3v) is 3.75. The Labute approximate surface area is 145 Å². The predicted octanol–water partition coefficient (Wildman–Crippen LogP) is 1.26. The Kier molecular flexibility index (Phi) is 5.74. The maximum atomic E-state index is 12.5. The number of carboxylic acid groups (broad SMARTS) is 1. The van der Waals surface area contributed by atoms with Crippen LogP contribution in [0.4, 0.5) is 0 Å². The molecule has 8 nitrogen and oxygen atoms in total. The number of amides is 1. The van der Waals surface area contributed by atoms with Crippen LogP contribution in [0.2, 0.25) is 0 Å². The van der Waals surface area contributed by atoms with Gasteiger partial charge in [0, 0.05) is 5.41 Å². The molecule has 25 heavy (non-hydrogen) atoms. The van der Waals surface area contributed by atoms with Gasteiger partial charge in [0.2, 0.25) is 5.91 Å². The normalized spacial score (nSPS) is 11.2. The second kappa shape index (κ2) is 7.78. The van der Waals surface area contributed by atoms with Crippen molar-refractivity contribution in [3.63, 3.8) is 0 Å². The van der Waals surface area contributed by atoms with E-state index in [4.69, 9.17) is 9.84 Å². The number of nitrogens with one attached hydrogen (secondary N) is 1. The van der Waals surface area contributed by atoms with Gasteiger partial charge in [-0.05, 0) is 18.1 Å². The number of nitrogens with zero attached hydrogens (tertiary/aromatic N) is 3. The fraction of sp³-hybridized carbons (Fsp3) is 0.412. The van der Waals surface area contributed by atoms with E-state index in [1.165, 1.54) is 10.9 Å². The Balaban J connectivity index is 1.96. The van der Waals surface area contributed by atoms with Crippen molar-refractivity contribution in [3.05, 3.63) is 41.7 Å². The van der Waals surface area contributed by atoms with Crippen LogP contribution in [0.1, 0.15) is 25.1 Å². The maximum Gasteiger partial charge on any atom is 0.325 e. The average molecular weight is 346 g/mol. The standard InChI is InChI=1S/C17H22N4O4/c1-17(2,8-12-6-4-5-7-14(12)25-3)16(24)18-9-13-10-21(20-19-13)11-15(22)23/h4-7,10H,8-9,11H2,1-3H3,(H,18,24)(H,22,23). The van der Waals surface area contributed by atoms with Gasteiger partial charge in [-0.3, -0.25) is 9.59 Å². The highest BCUT2D eigenvalue weighted by Gasteiger charge is 2.29. The Morgan fingerprint density at radius 1 is 1.32 bits per heavy atom. The Bertz CT molecular complexity index is 755. The van der Waals surface area contributed by atoms with Gasteiger partial charge in [-0.25, -0.2) is 4.68 Å². The van der Waals surface area contributed by atoms with Gasteiger partial charge in [0.1, 0.15) is 18.0 Å². The highest BCUT2D eigenvalue weighted by Crippen LogP contribution is 2.28. The van der Waals surface area contributed by atoms with E-state index in [1.807, 2.05) is 38.1 Å². The van der Waals surface area contributed by atoms with Crippen LogP contribution in [-0.4, -0.2) is 39.1 Å². The maximum absolute atomic E-state index is 12.5. The number of benzene rings is 1. The summed E-state index contributed by atoms with van der Waals surface area (Å²) in [6, 6.07) is 7.60. The summed E-state index contributed by atoms with van der Waals surface area (Å²) < 4.78 is 6.55. The van der Waals surface area contributed by atoms with Gasteiger partial charge in [-0.1, -0.05) is 37.3 Å². The lowest BCUT2D eigenvalue weighted by Crippen LogP contribution is -2.38. The number of aliphatic carboxylic acids is 1. The van der Waals surface area contributed by atoms with Crippen molar-refractivity contribution in [1.29, 1.82) is 0 Å². The van der Waals surface area contributed by atoms with Crippen molar-refractivity contribution in [2.45, 2.75) is 33.4 Å². The lowest BCUT2D eigenvalue weighted by molar-refractivity contribution is -0.138. The van der Waals surface area contributed by atoms with Crippen molar-refractivity contribution in [2.75, 3.05) is 7.11 Å². The van der Waals surface area contributed by atoms with E-state index in [2.05, 4.69) is 15.6 Å². The van der Waals surface area contributed by atoms with E-state index in [-0.39, 0.29) is 19.0 Å². The molecule has 0 bridgehead atoms. The van der Waals surface area contributed by atoms with Gasteiger partial charge in [-0.2, -0.15) is 0 Å². The molecule has 0 unspecified atom stereocenters. The smallest absolute Gasteiger partial charge is 0.325 e. The molecule has 1 aromatic carbocycles. The minimum atomic E-state index is -1.00. The number of carbonyl (C=O) groups excluding carboxylic acids is 1. The second-order valence-corrected chi connectivity index (χ2v) is 6.36. The van der Waals surface area contributed by atoms with Crippen molar-refractivity contribution >= 4 is 11.9 Å². The Morgan fingerprint density at radius 2 is 2.04 bits per heavy atom. The number of carbonyl (C=O) groups is 2. The molecule has 0 aliphatic rings. The van der Waals surface area contributed by atoms with Gasteiger partial charge in [0.25, 0.3) is 0 Å². The van der Waals surface area contributed by atoms with E-state index >= 15 is 0 Å². The minimum absolute atomic E-state index is 0.133. The van der Waals surface area contributed by atoms with Gasteiger partial charge in [0.05, 0.1) is 19.9 Å². The number of ether oxygens (including phenoxy) is 1. The average Bonchev–Trinajstić information content (AvgIpc) is 2.99. The third-order valence-electron chi connectivity index (χ3n) is 3.75. The van der Waals surface area contributed by atoms with Crippen LogP contribution in [0.3, 0.4) is 0 Å². The topological polar surface area (TPSA) is 106 Å². The number of carboxylic acids is 1. The molecule has 8 heteroatoms. The van der Waals surface area contributed by atoms with Gasteiger partial charge >= 0.3 is 5.97 Å². The molecule has 2 rings (SSSR count). The molecule has 0 atom stereocenters. The molecule has 1 amide bonds. The summed E-state index contributed by atoms with van der Waals surface area (Å²) in [6.45, 7) is 3.64. The van der Waals surface area contributed by atoms with Gasteiger partial charge in [0.15, 0.2) is 0 Å². The molecular weight excluding hydrogens is 324 g/mol. The lowest BCUT2D eigenvalue weighted by Gasteiger charge is -2.24. The predicted molar refractivity (Wildman–Crippen MR) is 90.0 cm³/mol. The molecular formula is C17H22N4O4. The van der Waals surface area contributed by atoms with E-state index in [1.54, 1.807) is 7.11 Å². The molecule has 2 aromatic rings. The molecule has 134 valence electrons. The van der Waals surface area contributed by atoms with E-state index in [0.29, 0.717) is 12.1 Å². The first-order valence-corrected chi connectivity index (χ1v) is 7.83. The first-order chi connectivity index (χ1) is 11.8. The molecule has 1 aromatic heterocycles. The number of aromatic nitrogens is 3. The molecule has 0 saturated heterocycles. The van der Waals surface area contributed by atoms with E-state index < -0.39 is 11.4 Å². The molecule has 0 fully saturated rings. The quantitative estimate of drug-likeness (QED) is 0.745. The van der Waals surface area contributed by atoms with Crippen LogP contribution in [-0.2, 0) is 29.1 Å². The summed E-state index contributed by atoms with van der Waals surface area (Å²) in [7, 11) is 1.60. The summed E-state index contributed by atoms with van der Waals surface area (Å²) in [6.07, 6.45) is 2.02. The van der Waals surface area contributed by atoms with Crippen LogP contribution in [0.5, 0.6) is 5.75 Å². The molecule has 2 N–H and O–H groups in total. The summed E-state index contributed by atoms with van der Waals surface area (Å²) in [4.78, 5) is 23.2. The number of methoxy groups -OCH3 is 1. The van der Waals surface area contributed by atoms with Crippen LogP contribution < -0.4 is 10.1 Å².